The maximum Gasteiger partial charge on any atom is 0.190 e. The molecule has 0 saturated carbocycles. The lowest BCUT2D eigenvalue weighted by atomic mass is 10.0. The minimum absolute atomic E-state index is 0.139. The minimum Gasteiger partial charge on any atom is -0.292 e. The van der Waals surface area contributed by atoms with Gasteiger partial charge >= 0.3 is 0 Å². The number of halogens is 2. The quantitative estimate of drug-likeness (QED) is 0.796. The van der Waals surface area contributed by atoms with Gasteiger partial charge in [-0.3, -0.25) is 4.79 Å². The normalized spacial score (nSPS) is 12.4. The molecule has 0 aliphatic rings. The summed E-state index contributed by atoms with van der Waals surface area (Å²) in [7, 11) is 0. The van der Waals surface area contributed by atoms with Gasteiger partial charge in [-0.25, -0.2) is 18.4 Å². The Bertz CT molecular complexity index is 667. The van der Waals surface area contributed by atoms with E-state index in [9.17, 15) is 13.6 Å². The maximum atomic E-state index is 13.7. The Morgan fingerprint density at radius 1 is 1.29 bits per heavy atom. The molecule has 1 heterocycles. The van der Waals surface area contributed by atoms with E-state index in [4.69, 9.17) is 0 Å². The van der Waals surface area contributed by atoms with Crippen LogP contribution >= 0.6 is 0 Å². The van der Waals surface area contributed by atoms with Crippen molar-refractivity contribution in [2.24, 2.45) is 0 Å². The number of aryl methyl sites for hydroxylation is 2. The topological polar surface area (TPSA) is 47.8 Å². The molecule has 0 saturated heterocycles. The van der Waals surface area contributed by atoms with E-state index in [2.05, 4.69) is 10.1 Å². The highest BCUT2D eigenvalue weighted by atomic mass is 19.1. The molecule has 112 valence electrons. The van der Waals surface area contributed by atoms with Crippen molar-refractivity contribution in [3.63, 3.8) is 0 Å². The monoisotopic (exact) mass is 293 g/mol. The minimum atomic E-state index is -0.860. The molecule has 0 aliphatic heterocycles. The van der Waals surface area contributed by atoms with Crippen molar-refractivity contribution in [1.29, 1.82) is 0 Å². The molecule has 2 aromatic rings. The number of nitrogens with zero attached hydrogens (tertiary/aromatic N) is 3. The number of benzene rings is 1. The largest absolute Gasteiger partial charge is 0.292 e. The van der Waals surface area contributed by atoms with E-state index in [1.807, 2.05) is 13.8 Å². The van der Waals surface area contributed by atoms with Crippen LogP contribution < -0.4 is 0 Å². The smallest absolute Gasteiger partial charge is 0.190 e. The second-order valence-electron chi connectivity index (χ2n) is 4.76. The van der Waals surface area contributed by atoms with E-state index < -0.39 is 23.5 Å². The van der Waals surface area contributed by atoms with Crippen LogP contribution in [0.15, 0.2) is 18.2 Å². The summed E-state index contributed by atoms with van der Waals surface area (Å²) in [6.45, 7) is 5.47. The lowest BCUT2D eigenvalue weighted by molar-refractivity contribution is 0.0921. The molecule has 1 unspecified atom stereocenters. The number of rotatable bonds is 5. The van der Waals surface area contributed by atoms with E-state index in [1.165, 1.54) is 4.68 Å². The molecule has 0 fully saturated rings. The van der Waals surface area contributed by atoms with Crippen molar-refractivity contribution in [1.82, 2.24) is 14.8 Å². The molecule has 0 radical (unpaired) electrons. The Balaban J connectivity index is 2.36. The zero-order valence-electron chi connectivity index (χ0n) is 12.2. The van der Waals surface area contributed by atoms with Crippen LogP contribution in [0, 0.1) is 11.6 Å². The summed E-state index contributed by atoms with van der Waals surface area (Å²) in [6, 6.07) is 2.25. The fraction of sp³-hybridized carbons (Fsp3) is 0.400. The number of hydrogen-bond acceptors (Lipinski definition) is 3. The summed E-state index contributed by atoms with van der Waals surface area (Å²) in [5.41, 5.74) is -0.139. The van der Waals surface area contributed by atoms with Crippen molar-refractivity contribution in [3.8, 4) is 0 Å². The molecule has 21 heavy (non-hydrogen) atoms. The number of aromatic nitrogens is 3. The third kappa shape index (κ3) is 2.99. The second-order valence-corrected chi connectivity index (χ2v) is 4.76. The molecule has 6 heteroatoms. The van der Waals surface area contributed by atoms with Crippen LogP contribution in [-0.2, 0) is 12.8 Å². The third-order valence-electron chi connectivity index (χ3n) is 3.32. The Kier molecular flexibility index (Phi) is 4.45. The summed E-state index contributed by atoms with van der Waals surface area (Å²) in [4.78, 5) is 16.7. The fourth-order valence-electron chi connectivity index (χ4n) is 2.13. The van der Waals surface area contributed by atoms with Crippen LogP contribution in [0.2, 0.25) is 0 Å². The molecule has 1 aromatic carbocycles. The van der Waals surface area contributed by atoms with Crippen LogP contribution in [0.4, 0.5) is 8.78 Å². The third-order valence-corrected chi connectivity index (χ3v) is 3.32. The van der Waals surface area contributed by atoms with Gasteiger partial charge in [-0.05, 0) is 19.1 Å². The van der Waals surface area contributed by atoms with Crippen molar-refractivity contribution < 1.29 is 13.6 Å². The van der Waals surface area contributed by atoms with Gasteiger partial charge in [-0.2, -0.15) is 5.10 Å². The first-order valence-corrected chi connectivity index (χ1v) is 6.91. The Hall–Kier alpha value is -2.11. The molecular formula is C15H17F2N3O. The molecule has 1 atom stereocenters. The van der Waals surface area contributed by atoms with Gasteiger partial charge < -0.3 is 0 Å². The van der Waals surface area contributed by atoms with Gasteiger partial charge in [-0.1, -0.05) is 13.8 Å². The van der Waals surface area contributed by atoms with E-state index in [0.29, 0.717) is 30.6 Å². The van der Waals surface area contributed by atoms with Gasteiger partial charge in [0.1, 0.15) is 23.5 Å². The molecule has 0 spiro atoms. The van der Waals surface area contributed by atoms with Crippen molar-refractivity contribution in [2.45, 2.75) is 39.7 Å². The van der Waals surface area contributed by atoms with Gasteiger partial charge in [-0.15, -0.1) is 0 Å². The predicted molar refractivity (Wildman–Crippen MR) is 74.2 cm³/mol. The number of carbonyl (C=O) groups is 1. The molecule has 0 N–H and O–H groups in total. The number of Topliss-reactive ketones (excluding diaryl/α,β-unsaturated/α-hetero) is 1. The molecule has 0 bridgehead atoms. The van der Waals surface area contributed by atoms with Gasteiger partial charge in [0.15, 0.2) is 11.6 Å². The fourth-order valence-corrected chi connectivity index (χ4v) is 2.13. The molecule has 1 aromatic heterocycles. The molecule has 4 nitrogen and oxygen atoms in total. The van der Waals surface area contributed by atoms with Crippen molar-refractivity contribution in [2.75, 3.05) is 0 Å². The van der Waals surface area contributed by atoms with E-state index in [0.717, 1.165) is 12.1 Å². The Morgan fingerprint density at radius 2 is 2.00 bits per heavy atom. The molecular weight excluding hydrogens is 276 g/mol. The van der Waals surface area contributed by atoms with Crippen LogP contribution in [0.25, 0.3) is 0 Å². The molecule has 0 amide bonds. The van der Waals surface area contributed by atoms with Crippen LogP contribution in [-0.4, -0.2) is 20.5 Å². The van der Waals surface area contributed by atoms with E-state index >= 15 is 0 Å². The van der Waals surface area contributed by atoms with Crippen molar-refractivity contribution in [3.05, 3.63) is 47.0 Å². The average molecular weight is 293 g/mol. The second kappa shape index (κ2) is 6.11. The number of ketones is 1. The van der Waals surface area contributed by atoms with Gasteiger partial charge in [0.25, 0.3) is 0 Å². The highest BCUT2D eigenvalue weighted by Crippen LogP contribution is 2.19. The first-order chi connectivity index (χ1) is 9.97. The SMILES string of the molecule is CCc1nc(CC)n(C(C)C(=O)c2ccc(F)cc2F)n1. The van der Waals surface area contributed by atoms with Crippen molar-refractivity contribution >= 4 is 5.78 Å². The zero-order valence-corrected chi connectivity index (χ0v) is 12.2. The standard InChI is InChI=1S/C15H17F2N3O/c1-4-13-18-14(5-2)20(19-13)9(3)15(21)11-7-6-10(16)8-12(11)17/h6-9H,4-5H2,1-3H3. The summed E-state index contributed by atoms with van der Waals surface area (Å²) >= 11 is 0. The van der Waals surface area contributed by atoms with E-state index in [1.54, 1.807) is 6.92 Å². The Morgan fingerprint density at radius 3 is 2.57 bits per heavy atom. The number of carbonyl (C=O) groups excluding carboxylic acids is 1. The lowest BCUT2D eigenvalue weighted by Gasteiger charge is -2.13. The Labute approximate surface area is 121 Å². The first kappa shape index (κ1) is 15.3. The highest BCUT2D eigenvalue weighted by molar-refractivity contribution is 5.98. The summed E-state index contributed by atoms with van der Waals surface area (Å²) in [5.74, 6) is -0.697. The number of hydrogen-bond donors (Lipinski definition) is 0. The lowest BCUT2D eigenvalue weighted by Crippen LogP contribution is -2.21. The molecule has 2 rings (SSSR count). The van der Waals surface area contributed by atoms with E-state index in [-0.39, 0.29) is 5.56 Å². The van der Waals surface area contributed by atoms with Crippen LogP contribution in [0.5, 0.6) is 0 Å². The van der Waals surface area contributed by atoms with Gasteiger partial charge in [0, 0.05) is 18.9 Å². The summed E-state index contributed by atoms with van der Waals surface area (Å²) in [5, 5.41) is 4.28. The maximum absolute atomic E-state index is 13.7. The first-order valence-electron chi connectivity index (χ1n) is 6.91. The van der Waals surface area contributed by atoms with Crippen LogP contribution in [0.3, 0.4) is 0 Å². The highest BCUT2D eigenvalue weighted by Gasteiger charge is 2.24. The molecule has 0 aliphatic carbocycles. The predicted octanol–water partition coefficient (Wildman–Crippen LogP) is 3.13. The van der Waals surface area contributed by atoms with Gasteiger partial charge in [0.2, 0.25) is 0 Å². The summed E-state index contributed by atoms with van der Waals surface area (Å²) < 4.78 is 28.2. The summed E-state index contributed by atoms with van der Waals surface area (Å²) in [6.07, 6.45) is 1.28. The zero-order chi connectivity index (χ0) is 15.6. The van der Waals surface area contributed by atoms with Gasteiger partial charge in [0.05, 0.1) is 5.56 Å². The van der Waals surface area contributed by atoms with Crippen LogP contribution in [0.1, 0.15) is 48.8 Å². The average Bonchev–Trinajstić information content (AvgIpc) is 2.89.